The molecule has 0 atom stereocenters. The summed E-state index contributed by atoms with van der Waals surface area (Å²) in [5.74, 6) is 0.224. The van der Waals surface area contributed by atoms with Gasteiger partial charge >= 0.3 is 0 Å². The fourth-order valence-electron chi connectivity index (χ4n) is 2.87. The minimum atomic E-state index is -0.231. The Labute approximate surface area is 157 Å². The van der Waals surface area contributed by atoms with Gasteiger partial charge in [-0.15, -0.1) is 0 Å². The van der Waals surface area contributed by atoms with Crippen molar-refractivity contribution in [2.24, 2.45) is 0 Å². The average molecular weight is 366 g/mol. The summed E-state index contributed by atoms with van der Waals surface area (Å²) in [6, 6.07) is 1.58. The predicted octanol–water partition coefficient (Wildman–Crippen LogP) is 4.77. The molecule has 1 aromatic heterocycles. The first-order chi connectivity index (χ1) is 12.7. The van der Waals surface area contributed by atoms with Gasteiger partial charge in [0.25, 0.3) is 0 Å². The zero-order valence-electron chi connectivity index (χ0n) is 16.5. The van der Waals surface area contributed by atoms with Crippen molar-refractivity contribution < 1.29 is 14.1 Å². The SMILES string of the molecule is CCCCCCCCC(=O)N(CCCCCC)CC(=O)Nc1ccon1. The van der Waals surface area contributed by atoms with Crippen molar-refractivity contribution in [3.05, 3.63) is 12.3 Å². The number of nitrogens with one attached hydrogen (secondary N) is 1. The van der Waals surface area contributed by atoms with Crippen LogP contribution < -0.4 is 5.32 Å². The quantitative estimate of drug-likeness (QED) is 0.454. The Morgan fingerprint density at radius 3 is 2.31 bits per heavy atom. The van der Waals surface area contributed by atoms with E-state index in [2.05, 4.69) is 24.3 Å². The van der Waals surface area contributed by atoms with Crippen molar-refractivity contribution in [2.75, 3.05) is 18.4 Å². The van der Waals surface area contributed by atoms with E-state index in [0.29, 0.717) is 18.8 Å². The summed E-state index contributed by atoms with van der Waals surface area (Å²) in [5.41, 5.74) is 0. The molecule has 26 heavy (non-hydrogen) atoms. The van der Waals surface area contributed by atoms with E-state index >= 15 is 0 Å². The van der Waals surface area contributed by atoms with Crippen LogP contribution in [0.25, 0.3) is 0 Å². The van der Waals surface area contributed by atoms with E-state index in [1.165, 1.54) is 31.9 Å². The highest BCUT2D eigenvalue weighted by Crippen LogP contribution is 2.10. The molecule has 0 aliphatic heterocycles. The average Bonchev–Trinajstić information content (AvgIpc) is 3.13. The Hall–Kier alpha value is -1.85. The summed E-state index contributed by atoms with van der Waals surface area (Å²) in [7, 11) is 0. The van der Waals surface area contributed by atoms with Gasteiger partial charge < -0.3 is 14.7 Å². The van der Waals surface area contributed by atoms with Crippen molar-refractivity contribution in [2.45, 2.75) is 84.5 Å². The number of anilines is 1. The standard InChI is InChI=1S/C20H35N3O3/c1-3-5-7-9-10-11-13-20(25)23(15-12-8-6-4-2)17-19(24)21-18-14-16-26-22-18/h14,16H,3-13,15,17H2,1-2H3,(H,21,22,24). The topological polar surface area (TPSA) is 75.4 Å². The van der Waals surface area contributed by atoms with Gasteiger partial charge in [0.05, 0.1) is 6.54 Å². The molecule has 0 radical (unpaired) electrons. The van der Waals surface area contributed by atoms with Gasteiger partial charge in [-0.3, -0.25) is 9.59 Å². The fourth-order valence-corrected chi connectivity index (χ4v) is 2.87. The van der Waals surface area contributed by atoms with E-state index in [4.69, 9.17) is 4.52 Å². The number of aromatic nitrogens is 1. The number of nitrogens with zero attached hydrogens (tertiary/aromatic N) is 2. The molecule has 0 aliphatic rings. The number of hydrogen-bond donors (Lipinski definition) is 1. The van der Waals surface area contributed by atoms with Crippen LogP contribution in [0.2, 0.25) is 0 Å². The molecule has 0 aromatic carbocycles. The Morgan fingerprint density at radius 1 is 1.00 bits per heavy atom. The first kappa shape index (κ1) is 22.2. The maximum Gasteiger partial charge on any atom is 0.245 e. The first-order valence-electron chi connectivity index (χ1n) is 10.1. The third-order valence-electron chi connectivity index (χ3n) is 4.42. The minimum Gasteiger partial charge on any atom is -0.363 e. The number of rotatable bonds is 15. The molecule has 0 saturated carbocycles. The normalized spacial score (nSPS) is 10.7. The van der Waals surface area contributed by atoms with Gasteiger partial charge in [-0.25, -0.2) is 0 Å². The summed E-state index contributed by atoms with van der Waals surface area (Å²) in [6.07, 6.45) is 13.2. The molecule has 6 nitrogen and oxygen atoms in total. The first-order valence-corrected chi connectivity index (χ1v) is 10.1. The Balaban J connectivity index is 2.40. The lowest BCUT2D eigenvalue weighted by atomic mass is 10.1. The largest absolute Gasteiger partial charge is 0.363 e. The molecule has 1 aromatic rings. The van der Waals surface area contributed by atoms with Crippen LogP contribution in [0.5, 0.6) is 0 Å². The van der Waals surface area contributed by atoms with Crippen LogP contribution in [0.3, 0.4) is 0 Å². The molecule has 0 saturated heterocycles. The van der Waals surface area contributed by atoms with Crippen LogP contribution in [0.4, 0.5) is 5.82 Å². The van der Waals surface area contributed by atoms with Crippen LogP contribution >= 0.6 is 0 Å². The van der Waals surface area contributed by atoms with Gasteiger partial charge in [-0.05, 0) is 12.8 Å². The highest BCUT2D eigenvalue weighted by atomic mass is 16.5. The van der Waals surface area contributed by atoms with Crippen LogP contribution in [0.15, 0.2) is 16.9 Å². The molecule has 1 N–H and O–H groups in total. The molecule has 1 heterocycles. The Bertz CT molecular complexity index is 489. The molecule has 0 aliphatic carbocycles. The maximum atomic E-state index is 12.5. The van der Waals surface area contributed by atoms with Gasteiger partial charge in [0.2, 0.25) is 11.8 Å². The van der Waals surface area contributed by atoms with Crippen molar-refractivity contribution in [1.82, 2.24) is 10.1 Å². The Kier molecular flexibility index (Phi) is 12.2. The van der Waals surface area contributed by atoms with Gasteiger partial charge in [0, 0.05) is 19.0 Å². The van der Waals surface area contributed by atoms with Crippen LogP contribution in [-0.2, 0) is 9.59 Å². The summed E-state index contributed by atoms with van der Waals surface area (Å²) in [5, 5.41) is 6.33. The second-order valence-electron chi connectivity index (χ2n) is 6.83. The zero-order chi connectivity index (χ0) is 19.0. The highest BCUT2D eigenvalue weighted by molar-refractivity contribution is 5.93. The molecular formula is C20H35N3O3. The van der Waals surface area contributed by atoms with E-state index < -0.39 is 0 Å². The molecule has 0 spiro atoms. The lowest BCUT2D eigenvalue weighted by molar-refractivity contribution is -0.134. The monoisotopic (exact) mass is 365 g/mol. The lowest BCUT2D eigenvalue weighted by Gasteiger charge is -2.22. The second-order valence-corrected chi connectivity index (χ2v) is 6.83. The van der Waals surface area contributed by atoms with Gasteiger partial charge in [0.15, 0.2) is 5.82 Å². The summed E-state index contributed by atoms with van der Waals surface area (Å²) < 4.78 is 4.71. The van der Waals surface area contributed by atoms with E-state index in [9.17, 15) is 9.59 Å². The summed E-state index contributed by atoms with van der Waals surface area (Å²) in [4.78, 5) is 26.4. The molecule has 6 heteroatoms. The molecular weight excluding hydrogens is 330 g/mol. The third-order valence-corrected chi connectivity index (χ3v) is 4.42. The van der Waals surface area contributed by atoms with E-state index in [0.717, 1.165) is 38.5 Å². The van der Waals surface area contributed by atoms with Gasteiger partial charge in [0.1, 0.15) is 6.26 Å². The maximum absolute atomic E-state index is 12.5. The predicted molar refractivity (Wildman–Crippen MR) is 104 cm³/mol. The molecule has 0 bridgehead atoms. The zero-order valence-corrected chi connectivity index (χ0v) is 16.5. The van der Waals surface area contributed by atoms with Gasteiger partial charge in [-0.2, -0.15) is 0 Å². The Morgan fingerprint density at radius 2 is 1.65 bits per heavy atom. The van der Waals surface area contributed by atoms with E-state index in [1.807, 2.05) is 0 Å². The highest BCUT2D eigenvalue weighted by Gasteiger charge is 2.17. The van der Waals surface area contributed by atoms with E-state index in [-0.39, 0.29) is 18.4 Å². The number of carbonyl (C=O) groups excluding carboxylic acids is 2. The third kappa shape index (κ3) is 10.2. The molecule has 0 unspecified atom stereocenters. The second kappa shape index (κ2) is 14.3. The molecule has 1 rings (SSSR count). The van der Waals surface area contributed by atoms with Crippen molar-refractivity contribution in [1.29, 1.82) is 0 Å². The number of unbranched alkanes of at least 4 members (excludes halogenated alkanes) is 8. The molecule has 148 valence electrons. The summed E-state index contributed by atoms with van der Waals surface area (Å²) in [6.45, 7) is 5.07. The number of hydrogen-bond acceptors (Lipinski definition) is 4. The van der Waals surface area contributed by atoms with Crippen LogP contribution in [-0.4, -0.2) is 35.0 Å². The minimum absolute atomic E-state index is 0.0762. The molecule has 2 amide bonds. The van der Waals surface area contributed by atoms with Crippen molar-refractivity contribution in [3.8, 4) is 0 Å². The fraction of sp³-hybridized carbons (Fsp3) is 0.750. The number of carbonyl (C=O) groups is 2. The van der Waals surface area contributed by atoms with E-state index in [1.54, 1.807) is 11.0 Å². The van der Waals surface area contributed by atoms with Crippen LogP contribution in [0, 0.1) is 0 Å². The smallest absolute Gasteiger partial charge is 0.245 e. The van der Waals surface area contributed by atoms with Gasteiger partial charge in [-0.1, -0.05) is 70.4 Å². The molecule has 0 fully saturated rings. The lowest BCUT2D eigenvalue weighted by Crippen LogP contribution is -2.38. The number of amides is 2. The van der Waals surface area contributed by atoms with Crippen molar-refractivity contribution >= 4 is 17.6 Å². The summed E-state index contributed by atoms with van der Waals surface area (Å²) >= 11 is 0. The van der Waals surface area contributed by atoms with Crippen LogP contribution in [0.1, 0.15) is 84.5 Å². The van der Waals surface area contributed by atoms with Crippen molar-refractivity contribution in [3.63, 3.8) is 0 Å².